The van der Waals surface area contributed by atoms with Crippen LogP contribution < -0.4 is 0 Å². The normalized spacial score (nSPS) is 12.0. The van der Waals surface area contributed by atoms with Crippen molar-refractivity contribution in [3.05, 3.63) is 28.2 Å². The van der Waals surface area contributed by atoms with Crippen LogP contribution in [0.4, 0.5) is 0 Å². The molecular formula is C13H17Cl2NO4S. The van der Waals surface area contributed by atoms with Crippen LogP contribution in [0.5, 0.6) is 0 Å². The summed E-state index contributed by atoms with van der Waals surface area (Å²) < 4.78 is 31.2. The van der Waals surface area contributed by atoms with Crippen LogP contribution in [0.15, 0.2) is 23.1 Å². The van der Waals surface area contributed by atoms with Gasteiger partial charge in [-0.25, -0.2) is 8.42 Å². The van der Waals surface area contributed by atoms with E-state index in [1.165, 1.54) is 12.1 Å². The molecule has 5 nitrogen and oxygen atoms in total. The fraction of sp³-hybridized carbons (Fsp3) is 0.462. The van der Waals surface area contributed by atoms with Crippen LogP contribution in [0, 0.1) is 0 Å². The lowest BCUT2D eigenvalue weighted by Crippen LogP contribution is -2.41. The molecule has 0 bridgehead atoms. The third kappa shape index (κ3) is 4.32. The van der Waals surface area contributed by atoms with Crippen LogP contribution >= 0.6 is 23.2 Å². The lowest BCUT2D eigenvalue weighted by atomic mass is 10.4. The molecule has 0 spiro atoms. The second-order valence-corrected chi connectivity index (χ2v) is 7.14. The van der Waals surface area contributed by atoms with Gasteiger partial charge in [0, 0.05) is 6.04 Å². The third-order valence-electron chi connectivity index (χ3n) is 2.65. The van der Waals surface area contributed by atoms with Crippen LogP contribution in [-0.4, -0.2) is 37.9 Å². The Labute approximate surface area is 134 Å². The predicted octanol–water partition coefficient (Wildman–Crippen LogP) is 2.96. The van der Waals surface area contributed by atoms with Gasteiger partial charge in [-0.1, -0.05) is 29.3 Å². The number of hydrogen-bond acceptors (Lipinski definition) is 4. The standard InChI is InChI=1S/C13H17Cl2NO4S/c1-4-20-12(17)8-16(9(2)3)21(18,19)13-10(14)6-5-7-11(13)15/h5-7,9H,4,8H2,1-3H3. The largest absolute Gasteiger partial charge is 0.465 e. The van der Waals surface area contributed by atoms with Crippen molar-refractivity contribution in [1.29, 1.82) is 0 Å². The summed E-state index contributed by atoms with van der Waals surface area (Å²) in [5.41, 5.74) is 0. The number of sulfonamides is 1. The summed E-state index contributed by atoms with van der Waals surface area (Å²) in [7, 11) is -4.01. The van der Waals surface area contributed by atoms with Crippen molar-refractivity contribution in [3.8, 4) is 0 Å². The van der Waals surface area contributed by atoms with Gasteiger partial charge in [-0.15, -0.1) is 0 Å². The maximum atomic E-state index is 12.7. The van der Waals surface area contributed by atoms with E-state index < -0.39 is 28.6 Å². The van der Waals surface area contributed by atoms with Crippen molar-refractivity contribution in [1.82, 2.24) is 4.31 Å². The first kappa shape index (κ1) is 18.2. The van der Waals surface area contributed by atoms with E-state index in [0.717, 1.165) is 4.31 Å². The molecule has 1 aromatic carbocycles. The van der Waals surface area contributed by atoms with E-state index in [0.29, 0.717) is 0 Å². The molecule has 0 aromatic heterocycles. The summed E-state index contributed by atoms with van der Waals surface area (Å²) in [5, 5.41) is 0.0222. The zero-order valence-electron chi connectivity index (χ0n) is 12.0. The minimum absolute atomic E-state index is 0.0111. The van der Waals surface area contributed by atoms with E-state index in [4.69, 9.17) is 27.9 Å². The molecule has 1 rings (SSSR count). The fourth-order valence-electron chi connectivity index (χ4n) is 1.73. The first-order valence-electron chi connectivity index (χ1n) is 6.33. The van der Waals surface area contributed by atoms with Gasteiger partial charge in [-0.05, 0) is 32.9 Å². The van der Waals surface area contributed by atoms with Gasteiger partial charge in [0.1, 0.15) is 11.4 Å². The maximum Gasteiger partial charge on any atom is 0.321 e. The topological polar surface area (TPSA) is 63.7 Å². The van der Waals surface area contributed by atoms with Crippen molar-refractivity contribution >= 4 is 39.2 Å². The molecule has 0 unspecified atom stereocenters. The van der Waals surface area contributed by atoms with Crippen LogP contribution in [0.2, 0.25) is 10.0 Å². The molecule has 21 heavy (non-hydrogen) atoms. The number of nitrogens with zero attached hydrogens (tertiary/aromatic N) is 1. The highest BCUT2D eigenvalue weighted by atomic mass is 35.5. The monoisotopic (exact) mass is 353 g/mol. The van der Waals surface area contributed by atoms with E-state index in [1.807, 2.05) is 0 Å². The molecule has 0 atom stereocenters. The van der Waals surface area contributed by atoms with Gasteiger partial charge in [-0.2, -0.15) is 4.31 Å². The number of halogens is 2. The van der Waals surface area contributed by atoms with Gasteiger partial charge in [-0.3, -0.25) is 4.79 Å². The highest BCUT2D eigenvalue weighted by Gasteiger charge is 2.32. The second kappa shape index (κ2) is 7.45. The Morgan fingerprint density at radius 3 is 2.24 bits per heavy atom. The van der Waals surface area contributed by atoms with Crippen LogP contribution in [0.1, 0.15) is 20.8 Å². The van der Waals surface area contributed by atoms with E-state index >= 15 is 0 Å². The summed E-state index contributed by atoms with van der Waals surface area (Å²) in [6.07, 6.45) is 0. The second-order valence-electron chi connectivity index (χ2n) is 4.50. The van der Waals surface area contributed by atoms with E-state index in [1.54, 1.807) is 26.8 Å². The Morgan fingerprint density at radius 1 is 1.29 bits per heavy atom. The Bertz CT molecular complexity index is 596. The molecule has 0 fully saturated rings. The minimum atomic E-state index is -4.01. The third-order valence-corrected chi connectivity index (χ3v) is 5.63. The lowest BCUT2D eigenvalue weighted by molar-refractivity contribution is -0.143. The van der Waals surface area contributed by atoms with Gasteiger partial charge in [0.05, 0.1) is 16.7 Å². The van der Waals surface area contributed by atoms with Gasteiger partial charge >= 0.3 is 5.97 Å². The SMILES string of the molecule is CCOC(=O)CN(C(C)C)S(=O)(=O)c1c(Cl)cccc1Cl. The summed E-state index contributed by atoms with van der Waals surface area (Å²) in [4.78, 5) is 11.4. The first-order valence-corrected chi connectivity index (χ1v) is 8.52. The van der Waals surface area contributed by atoms with Gasteiger partial charge in [0.25, 0.3) is 0 Å². The molecule has 0 N–H and O–H groups in total. The van der Waals surface area contributed by atoms with Crippen LogP contribution in [-0.2, 0) is 19.6 Å². The molecule has 0 saturated carbocycles. The summed E-state index contributed by atoms with van der Waals surface area (Å²) in [5.74, 6) is -0.627. The van der Waals surface area contributed by atoms with Crippen molar-refractivity contribution in [2.24, 2.45) is 0 Å². The highest BCUT2D eigenvalue weighted by molar-refractivity contribution is 7.89. The molecule has 118 valence electrons. The van der Waals surface area contributed by atoms with Gasteiger partial charge in [0.15, 0.2) is 0 Å². The molecule has 0 aliphatic heterocycles. The first-order chi connectivity index (χ1) is 9.71. The van der Waals surface area contributed by atoms with E-state index in [9.17, 15) is 13.2 Å². The van der Waals surface area contributed by atoms with Crippen molar-refractivity contribution < 1.29 is 17.9 Å². The molecule has 8 heteroatoms. The zero-order valence-corrected chi connectivity index (χ0v) is 14.3. The lowest BCUT2D eigenvalue weighted by Gasteiger charge is -2.25. The van der Waals surface area contributed by atoms with E-state index in [-0.39, 0.29) is 21.5 Å². The molecule has 0 radical (unpaired) electrons. The number of benzene rings is 1. The Kier molecular flexibility index (Phi) is 6.46. The predicted molar refractivity (Wildman–Crippen MR) is 82.1 cm³/mol. The van der Waals surface area contributed by atoms with Crippen molar-refractivity contribution in [3.63, 3.8) is 0 Å². The molecule has 0 saturated heterocycles. The highest BCUT2D eigenvalue weighted by Crippen LogP contribution is 2.32. The molecule has 0 aliphatic rings. The molecule has 1 aromatic rings. The molecule has 0 heterocycles. The number of carbonyl (C=O) groups excluding carboxylic acids is 1. The summed E-state index contributed by atoms with van der Waals surface area (Å²) >= 11 is 11.9. The minimum Gasteiger partial charge on any atom is -0.465 e. The maximum absolute atomic E-state index is 12.7. The number of esters is 1. The quantitative estimate of drug-likeness (QED) is 0.737. The average Bonchev–Trinajstić information content (AvgIpc) is 2.35. The Morgan fingerprint density at radius 2 is 1.81 bits per heavy atom. The van der Waals surface area contributed by atoms with Gasteiger partial charge < -0.3 is 4.74 Å². The van der Waals surface area contributed by atoms with E-state index in [2.05, 4.69) is 0 Å². The van der Waals surface area contributed by atoms with Crippen LogP contribution in [0.25, 0.3) is 0 Å². The fourth-order valence-corrected chi connectivity index (χ4v) is 4.40. The van der Waals surface area contributed by atoms with Crippen molar-refractivity contribution in [2.45, 2.75) is 31.7 Å². The number of carbonyl (C=O) groups is 1. The number of ether oxygens (including phenoxy) is 1. The smallest absolute Gasteiger partial charge is 0.321 e. The summed E-state index contributed by atoms with van der Waals surface area (Å²) in [6.45, 7) is 4.74. The molecule has 0 amide bonds. The average molecular weight is 354 g/mol. The Balaban J connectivity index is 3.26. The molecule has 0 aliphatic carbocycles. The summed E-state index contributed by atoms with van der Waals surface area (Å²) in [6, 6.07) is 3.97. The zero-order chi connectivity index (χ0) is 16.2. The molecular weight excluding hydrogens is 337 g/mol. The van der Waals surface area contributed by atoms with Crippen molar-refractivity contribution in [2.75, 3.05) is 13.2 Å². The van der Waals surface area contributed by atoms with Crippen LogP contribution in [0.3, 0.4) is 0 Å². The number of rotatable bonds is 6. The Hall–Kier alpha value is -0.820. The van der Waals surface area contributed by atoms with Gasteiger partial charge in [0.2, 0.25) is 10.0 Å². The number of hydrogen-bond donors (Lipinski definition) is 0.